The van der Waals surface area contributed by atoms with Crippen molar-refractivity contribution in [3.63, 3.8) is 0 Å². The van der Waals surface area contributed by atoms with Gasteiger partial charge in [0.15, 0.2) is 5.58 Å². The molecule has 3 aromatic rings. The molecular formula is C21H21N3O2. The van der Waals surface area contributed by atoms with Gasteiger partial charge < -0.3 is 9.73 Å². The number of nitrogens with one attached hydrogen (secondary N) is 1. The van der Waals surface area contributed by atoms with Gasteiger partial charge in [-0.2, -0.15) is 0 Å². The Balaban J connectivity index is 1.29. The van der Waals surface area contributed by atoms with Crippen LogP contribution in [0.15, 0.2) is 65.1 Å². The molecule has 0 bridgehead atoms. The number of likely N-dealkylation sites (tertiary alicyclic amines) is 1. The Morgan fingerprint density at radius 2 is 2.00 bits per heavy atom. The zero-order valence-electron chi connectivity index (χ0n) is 14.5. The van der Waals surface area contributed by atoms with Gasteiger partial charge in [-0.1, -0.05) is 42.5 Å². The molecule has 1 saturated heterocycles. The van der Waals surface area contributed by atoms with E-state index in [9.17, 15) is 4.79 Å². The molecule has 26 heavy (non-hydrogen) atoms. The summed E-state index contributed by atoms with van der Waals surface area (Å²) in [7, 11) is 0. The smallest absolute Gasteiger partial charge is 0.244 e. The highest BCUT2D eigenvalue weighted by atomic mass is 16.3. The van der Waals surface area contributed by atoms with Gasteiger partial charge in [0.05, 0.1) is 0 Å². The number of fused-ring (bicyclic) bond motifs is 1. The monoisotopic (exact) mass is 347 g/mol. The molecule has 4 rings (SSSR count). The second kappa shape index (κ2) is 7.54. The van der Waals surface area contributed by atoms with E-state index in [2.05, 4.69) is 39.5 Å². The van der Waals surface area contributed by atoms with Crippen molar-refractivity contribution in [2.45, 2.75) is 19.0 Å². The molecule has 132 valence electrons. The fraction of sp³-hybridized carbons (Fsp3) is 0.238. The zero-order valence-corrected chi connectivity index (χ0v) is 14.5. The first-order valence-corrected chi connectivity index (χ1v) is 8.87. The van der Waals surface area contributed by atoms with Crippen LogP contribution in [0.1, 0.15) is 17.9 Å². The van der Waals surface area contributed by atoms with Crippen molar-refractivity contribution in [2.24, 2.45) is 0 Å². The first-order chi connectivity index (χ1) is 12.8. The minimum atomic E-state index is -0.112. The minimum Gasteiger partial charge on any atom is -0.437 e. The van der Waals surface area contributed by atoms with E-state index in [0.717, 1.165) is 37.2 Å². The van der Waals surface area contributed by atoms with Crippen LogP contribution in [0.3, 0.4) is 0 Å². The second-order valence-corrected chi connectivity index (χ2v) is 6.57. The number of para-hydroxylation sites is 2. The van der Waals surface area contributed by atoms with E-state index < -0.39 is 0 Å². The maximum absolute atomic E-state index is 12.2. The summed E-state index contributed by atoms with van der Waals surface area (Å²) in [5.41, 5.74) is 2.81. The predicted octanol–water partition coefficient (Wildman–Crippen LogP) is 3.23. The van der Waals surface area contributed by atoms with Crippen LogP contribution in [-0.2, 0) is 11.3 Å². The summed E-state index contributed by atoms with van der Waals surface area (Å²) in [6.07, 6.45) is 4.08. The van der Waals surface area contributed by atoms with Gasteiger partial charge in [-0.25, -0.2) is 4.98 Å². The Kier molecular flexibility index (Phi) is 4.80. The molecule has 1 fully saturated rings. The van der Waals surface area contributed by atoms with Gasteiger partial charge in [-0.3, -0.25) is 9.69 Å². The van der Waals surface area contributed by atoms with Crippen molar-refractivity contribution in [3.8, 4) is 0 Å². The molecule has 5 heteroatoms. The summed E-state index contributed by atoms with van der Waals surface area (Å²) < 4.78 is 5.59. The van der Waals surface area contributed by atoms with E-state index in [4.69, 9.17) is 4.42 Å². The van der Waals surface area contributed by atoms with Crippen molar-refractivity contribution in [3.05, 3.63) is 72.1 Å². The van der Waals surface area contributed by atoms with Crippen LogP contribution in [0.4, 0.5) is 0 Å². The van der Waals surface area contributed by atoms with Crippen LogP contribution in [0, 0.1) is 0 Å². The molecule has 0 radical (unpaired) electrons. The molecule has 1 aromatic heterocycles. The van der Waals surface area contributed by atoms with Crippen LogP contribution < -0.4 is 5.32 Å². The van der Waals surface area contributed by atoms with E-state index >= 15 is 0 Å². The third-order valence-electron chi connectivity index (χ3n) is 4.56. The average Bonchev–Trinajstić information content (AvgIpc) is 3.27. The van der Waals surface area contributed by atoms with Crippen molar-refractivity contribution in [2.75, 3.05) is 13.1 Å². The largest absolute Gasteiger partial charge is 0.437 e. The van der Waals surface area contributed by atoms with E-state index in [1.807, 2.05) is 30.3 Å². The molecule has 2 aromatic carbocycles. The second-order valence-electron chi connectivity index (χ2n) is 6.57. The number of carbonyl (C=O) groups excluding carboxylic acids is 1. The molecule has 0 saturated carbocycles. The molecule has 1 atom stereocenters. The van der Waals surface area contributed by atoms with Crippen molar-refractivity contribution >= 4 is 23.1 Å². The maximum atomic E-state index is 12.2. The number of oxazole rings is 1. The molecule has 0 aliphatic carbocycles. The number of aromatic nitrogens is 1. The first kappa shape index (κ1) is 16.5. The molecular weight excluding hydrogens is 326 g/mol. The van der Waals surface area contributed by atoms with Crippen LogP contribution in [0.5, 0.6) is 0 Å². The number of benzene rings is 2. The van der Waals surface area contributed by atoms with Crippen molar-refractivity contribution in [1.82, 2.24) is 15.2 Å². The molecule has 0 unspecified atom stereocenters. The number of amides is 1. The Morgan fingerprint density at radius 1 is 1.19 bits per heavy atom. The highest BCUT2D eigenvalue weighted by Crippen LogP contribution is 2.16. The predicted molar refractivity (Wildman–Crippen MR) is 101 cm³/mol. The Morgan fingerprint density at radius 3 is 2.85 bits per heavy atom. The Bertz CT molecular complexity index is 884. The van der Waals surface area contributed by atoms with Crippen LogP contribution in [0.25, 0.3) is 17.2 Å². The van der Waals surface area contributed by atoms with Crippen LogP contribution in [-0.4, -0.2) is 34.9 Å². The number of nitrogens with zero attached hydrogens (tertiary/aromatic N) is 2. The van der Waals surface area contributed by atoms with Gasteiger partial charge in [0.1, 0.15) is 5.52 Å². The third kappa shape index (κ3) is 4.00. The summed E-state index contributed by atoms with van der Waals surface area (Å²) >= 11 is 0. The van der Waals surface area contributed by atoms with Gasteiger partial charge in [0.2, 0.25) is 11.8 Å². The standard InChI is InChI=1S/C21H21N3O2/c25-20(10-11-21-23-18-8-4-5-9-19(18)26-21)22-17-12-13-24(15-17)14-16-6-2-1-3-7-16/h1-11,17H,12-15H2,(H,22,25)/b11-10-/t17-/m0/s1. The lowest BCUT2D eigenvalue weighted by molar-refractivity contribution is -0.117. The molecule has 5 nitrogen and oxygen atoms in total. The SMILES string of the molecule is O=C(/C=C\c1nc2ccccc2o1)N[C@H]1CCN(Cc2ccccc2)C1. The van der Waals surface area contributed by atoms with E-state index in [1.165, 1.54) is 11.6 Å². The van der Waals surface area contributed by atoms with Gasteiger partial charge >= 0.3 is 0 Å². The lowest BCUT2D eigenvalue weighted by Crippen LogP contribution is -2.35. The van der Waals surface area contributed by atoms with Gasteiger partial charge in [0, 0.05) is 37.8 Å². The van der Waals surface area contributed by atoms with Crippen molar-refractivity contribution < 1.29 is 9.21 Å². The van der Waals surface area contributed by atoms with E-state index in [1.54, 1.807) is 6.08 Å². The Hall–Kier alpha value is -2.92. The average molecular weight is 347 g/mol. The fourth-order valence-corrected chi connectivity index (χ4v) is 3.29. The highest BCUT2D eigenvalue weighted by molar-refractivity contribution is 5.91. The van der Waals surface area contributed by atoms with Gasteiger partial charge in [-0.15, -0.1) is 0 Å². The molecule has 1 N–H and O–H groups in total. The maximum Gasteiger partial charge on any atom is 0.244 e. The van der Waals surface area contributed by atoms with E-state index in [-0.39, 0.29) is 11.9 Å². The summed E-state index contributed by atoms with van der Waals surface area (Å²) in [6, 6.07) is 18.1. The molecule has 0 spiro atoms. The molecule has 1 amide bonds. The number of hydrogen-bond acceptors (Lipinski definition) is 4. The van der Waals surface area contributed by atoms with Gasteiger partial charge in [-0.05, 0) is 24.1 Å². The van der Waals surface area contributed by atoms with Crippen molar-refractivity contribution in [1.29, 1.82) is 0 Å². The topological polar surface area (TPSA) is 58.4 Å². The number of carbonyl (C=O) groups is 1. The molecule has 2 heterocycles. The lowest BCUT2D eigenvalue weighted by atomic mass is 10.2. The zero-order chi connectivity index (χ0) is 17.8. The fourth-order valence-electron chi connectivity index (χ4n) is 3.29. The van der Waals surface area contributed by atoms with Gasteiger partial charge in [0.25, 0.3) is 0 Å². The summed E-state index contributed by atoms with van der Waals surface area (Å²) in [5.74, 6) is 0.331. The highest BCUT2D eigenvalue weighted by Gasteiger charge is 2.23. The van der Waals surface area contributed by atoms with Crippen LogP contribution in [0.2, 0.25) is 0 Å². The number of rotatable bonds is 5. The normalized spacial score (nSPS) is 17.9. The summed E-state index contributed by atoms with van der Waals surface area (Å²) in [6.45, 7) is 2.79. The third-order valence-corrected chi connectivity index (χ3v) is 4.56. The Labute approximate surface area is 152 Å². The lowest BCUT2D eigenvalue weighted by Gasteiger charge is -2.16. The quantitative estimate of drug-likeness (QED) is 0.720. The summed E-state index contributed by atoms with van der Waals surface area (Å²) in [4.78, 5) is 18.9. The summed E-state index contributed by atoms with van der Waals surface area (Å²) in [5, 5.41) is 3.06. The van der Waals surface area contributed by atoms with E-state index in [0.29, 0.717) is 5.89 Å². The number of hydrogen-bond donors (Lipinski definition) is 1. The van der Waals surface area contributed by atoms with Crippen LogP contribution >= 0.6 is 0 Å². The first-order valence-electron chi connectivity index (χ1n) is 8.87. The molecule has 1 aliphatic heterocycles. The molecule has 1 aliphatic rings. The minimum absolute atomic E-state index is 0.112.